The van der Waals surface area contributed by atoms with Crippen molar-refractivity contribution < 1.29 is 14.0 Å². The summed E-state index contributed by atoms with van der Waals surface area (Å²) in [5.74, 6) is -0.578. The van der Waals surface area contributed by atoms with Crippen LogP contribution in [-0.2, 0) is 6.54 Å². The molecule has 5 nitrogen and oxygen atoms in total. The van der Waals surface area contributed by atoms with E-state index in [2.05, 4.69) is 16.0 Å². The second-order valence-electron chi connectivity index (χ2n) is 4.59. The van der Waals surface area contributed by atoms with Crippen molar-refractivity contribution in [1.29, 1.82) is 0 Å². The van der Waals surface area contributed by atoms with E-state index in [9.17, 15) is 14.0 Å². The molecule has 0 spiro atoms. The van der Waals surface area contributed by atoms with Crippen LogP contribution in [0.4, 0.5) is 14.9 Å². The average molecular weight is 301 g/mol. The minimum absolute atomic E-state index is 0.164. The van der Waals surface area contributed by atoms with Crippen molar-refractivity contribution in [3.05, 3.63) is 65.5 Å². The van der Waals surface area contributed by atoms with Crippen LogP contribution >= 0.6 is 0 Å². The van der Waals surface area contributed by atoms with Crippen molar-refractivity contribution in [2.75, 3.05) is 12.4 Å². The van der Waals surface area contributed by atoms with Gasteiger partial charge in [-0.3, -0.25) is 4.79 Å². The predicted molar refractivity (Wildman–Crippen MR) is 82.1 cm³/mol. The molecule has 0 aliphatic heterocycles. The highest BCUT2D eigenvalue weighted by molar-refractivity contribution is 5.94. The molecule has 3 N–H and O–H groups in total. The fourth-order valence-electron chi connectivity index (χ4n) is 1.84. The lowest BCUT2D eigenvalue weighted by molar-refractivity contribution is 0.0963. The molecule has 0 saturated carbocycles. The molecular formula is C16H16FN3O2. The first kappa shape index (κ1) is 15.5. The number of anilines is 1. The third-order valence-electron chi connectivity index (χ3n) is 2.98. The first-order chi connectivity index (χ1) is 10.6. The molecule has 0 bridgehead atoms. The summed E-state index contributed by atoms with van der Waals surface area (Å²) in [5, 5.41) is 7.73. The number of carbonyl (C=O) groups is 2. The molecule has 2 rings (SSSR count). The number of hydrogen-bond acceptors (Lipinski definition) is 2. The van der Waals surface area contributed by atoms with E-state index in [-0.39, 0.29) is 5.91 Å². The van der Waals surface area contributed by atoms with Gasteiger partial charge in [-0.1, -0.05) is 18.2 Å². The monoisotopic (exact) mass is 301 g/mol. The van der Waals surface area contributed by atoms with E-state index in [1.165, 1.54) is 18.2 Å². The zero-order chi connectivity index (χ0) is 15.9. The zero-order valence-corrected chi connectivity index (χ0v) is 12.0. The quantitative estimate of drug-likeness (QED) is 0.812. The second-order valence-corrected chi connectivity index (χ2v) is 4.59. The summed E-state index contributed by atoms with van der Waals surface area (Å²) in [4.78, 5) is 23.1. The Kier molecular flexibility index (Phi) is 5.08. The zero-order valence-electron chi connectivity index (χ0n) is 12.0. The Balaban J connectivity index is 1.87. The molecule has 0 unspecified atom stereocenters. The third kappa shape index (κ3) is 4.31. The SMILES string of the molecule is CNC(=O)c1ccc(CNC(=O)Nc2cccc(F)c2)cc1. The van der Waals surface area contributed by atoms with Crippen LogP contribution in [0.2, 0.25) is 0 Å². The fraction of sp³-hybridized carbons (Fsp3) is 0.125. The molecule has 6 heteroatoms. The van der Waals surface area contributed by atoms with Crippen molar-refractivity contribution in [3.63, 3.8) is 0 Å². The van der Waals surface area contributed by atoms with Gasteiger partial charge in [-0.2, -0.15) is 0 Å². The maximum Gasteiger partial charge on any atom is 0.319 e. The van der Waals surface area contributed by atoms with Gasteiger partial charge in [-0.05, 0) is 35.9 Å². The maximum atomic E-state index is 13.0. The van der Waals surface area contributed by atoms with E-state index >= 15 is 0 Å². The summed E-state index contributed by atoms with van der Waals surface area (Å²) in [7, 11) is 1.56. The second kappa shape index (κ2) is 7.21. The molecule has 0 aliphatic carbocycles. The Hall–Kier alpha value is -2.89. The van der Waals surface area contributed by atoms with Crippen LogP contribution in [-0.4, -0.2) is 19.0 Å². The summed E-state index contributed by atoms with van der Waals surface area (Å²) in [5.41, 5.74) is 1.78. The smallest absolute Gasteiger partial charge is 0.319 e. The van der Waals surface area contributed by atoms with Gasteiger partial charge in [-0.15, -0.1) is 0 Å². The fourth-order valence-corrected chi connectivity index (χ4v) is 1.84. The van der Waals surface area contributed by atoms with Gasteiger partial charge >= 0.3 is 6.03 Å². The Bertz CT molecular complexity index is 671. The van der Waals surface area contributed by atoms with E-state index in [4.69, 9.17) is 0 Å². The molecule has 0 aromatic heterocycles. The largest absolute Gasteiger partial charge is 0.355 e. The van der Waals surface area contributed by atoms with Crippen LogP contribution in [0.5, 0.6) is 0 Å². The molecule has 0 heterocycles. The summed E-state index contributed by atoms with van der Waals surface area (Å²) in [6.07, 6.45) is 0. The van der Waals surface area contributed by atoms with Gasteiger partial charge < -0.3 is 16.0 Å². The van der Waals surface area contributed by atoms with Gasteiger partial charge in [0.15, 0.2) is 0 Å². The highest BCUT2D eigenvalue weighted by Crippen LogP contribution is 2.09. The lowest BCUT2D eigenvalue weighted by atomic mass is 10.1. The summed E-state index contributed by atoms with van der Waals surface area (Å²) >= 11 is 0. The predicted octanol–water partition coefficient (Wildman–Crippen LogP) is 2.51. The topological polar surface area (TPSA) is 70.2 Å². The number of hydrogen-bond donors (Lipinski definition) is 3. The van der Waals surface area contributed by atoms with Crippen LogP contribution < -0.4 is 16.0 Å². The Morgan fingerprint density at radius 3 is 2.45 bits per heavy atom. The number of halogens is 1. The van der Waals surface area contributed by atoms with Crippen LogP contribution in [0.1, 0.15) is 15.9 Å². The standard InChI is InChI=1S/C16H16FN3O2/c1-18-15(21)12-7-5-11(6-8-12)10-19-16(22)20-14-4-2-3-13(17)9-14/h2-9H,10H2,1H3,(H,18,21)(H2,19,20,22). The molecule has 22 heavy (non-hydrogen) atoms. The van der Waals surface area contributed by atoms with Crippen LogP contribution in [0, 0.1) is 5.82 Å². The number of rotatable bonds is 4. The minimum atomic E-state index is -0.430. The van der Waals surface area contributed by atoms with Crippen molar-refractivity contribution in [1.82, 2.24) is 10.6 Å². The highest BCUT2D eigenvalue weighted by atomic mass is 19.1. The van der Waals surface area contributed by atoms with Gasteiger partial charge in [0.05, 0.1) is 0 Å². The third-order valence-corrected chi connectivity index (χ3v) is 2.98. The van der Waals surface area contributed by atoms with Crippen molar-refractivity contribution in [2.24, 2.45) is 0 Å². The van der Waals surface area contributed by atoms with Gasteiger partial charge in [0, 0.05) is 24.8 Å². The summed E-state index contributed by atoms with van der Waals surface area (Å²) in [6, 6.07) is 12.1. The Labute approximate surface area is 127 Å². The van der Waals surface area contributed by atoms with Crippen molar-refractivity contribution in [3.8, 4) is 0 Å². The first-order valence-electron chi connectivity index (χ1n) is 6.70. The lowest BCUT2D eigenvalue weighted by Gasteiger charge is -2.08. The van der Waals surface area contributed by atoms with E-state index in [0.29, 0.717) is 17.8 Å². The maximum absolute atomic E-state index is 13.0. The summed E-state index contributed by atoms with van der Waals surface area (Å²) in [6.45, 7) is 0.301. The normalized spacial score (nSPS) is 9.91. The van der Waals surface area contributed by atoms with E-state index in [1.807, 2.05) is 0 Å². The minimum Gasteiger partial charge on any atom is -0.355 e. The molecule has 0 saturated heterocycles. The van der Waals surface area contributed by atoms with Crippen LogP contribution in [0.25, 0.3) is 0 Å². The van der Waals surface area contributed by atoms with Gasteiger partial charge in [0.2, 0.25) is 0 Å². The molecule has 0 aliphatic rings. The number of carbonyl (C=O) groups excluding carboxylic acids is 2. The average Bonchev–Trinajstić information content (AvgIpc) is 2.52. The summed E-state index contributed by atoms with van der Waals surface area (Å²) < 4.78 is 13.0. The first-order valence-corrected chi connectivity index (χ1v) is 6.70. The molecule has 0 radical (unpaired) electrons. The Morgan fingerprint density at radius 1 is 1.09 bits per heavy atom. The lowest BCUT2D eigenvalue weighted by Crippen LogP contribution is -2.28. The van der Waals surface area contributed by atoms with E-state index in [0.717, 1.165) is 5.56 Å². The molecule has 114 valence electrons. The molecule has 0 fully saturated rings. The van der Waals surface area contributed by atoms with Gasteiger partial charge in [0.25, 0.3) is 5.91 Å². The highest BCUT2D eigenvalue weighted by Gasteiger charge is 2.04. The number of nitrogens with one attached hydrogen (secondary N) is 3. The molecule has 2 aromatic rings. The number of benzene rings is 2. The number of urea groups is 1. The van der Waals surface area contributed by atoms with Gasteiger partial charge in [0.1, 0.15) is 5.82 Å². The number of amides is 3. The van der Waals surface area contributed by atoms with Crippen LogP contribution in [0.3, 0.4) is 0 Å². The van der Waals surface area contributed by atoms with Gasteiger partial charge in [-0.25, -0.2) is 9.18 Å². The van der Waals surface area contributed by atoms with E-state index < -0.39 is 11.8 Å². The van der Waals surface area contributed by atoms with Crippen LogP contribution in [0.15, 0.2) is 48.5 Å². The Morgan fingerprint density at radius 2 is 1.82 bits per heavy atom. The van der Waals surface area contributed by atoms with E-state index in [1.54, 1.807) is 37.4 Å². The molecular weight excluding hydrogens is 285 g/mol. The van der Waals surface area contributed by atoms with Crippen molar-refractivity contribution in [2.45, 2.75) is 6.54 Å². The van der Waals surface area contributed by atoms with Crippen molar-refractivity contribution >= 4 is 17.6 Å². The molecule has 2 aromatic carbocycles. The molecule has 3 amide bonds. The molecule has 0 atom stereocenters.